The molecule has 0 aliphatic rings. The standard InChI is InChI=1S/C22H23FN6O5S.C2H2.H2/c1-13-8-9-18(34-13)21-26-27-22(29(21)20-16(32-3)6-5-7-17(20)33-4)28-35(30,31)14(2)10-19-24-11-15(23)12-25-19;1-2;/h5-9,11-12,14H,10H2,1-4H3,(H,27,28);1-2H;1H/t14-;;/m0../s1. The van der Waals surface area contributed by atoms with E-state index in [0.717, 1.165) is 12.4 Å². The zero-order valence-corrected chi connectivity index (χ0v) is 21.4. The summed E-state index contributed by atoms with van der Waals surface area (Å²) in [6, 6.07) is 8.58. The van der Waals surface area contributed by atoms with E-state index in [1.165, 1.54) is 25.7 Å². The smallest absolute Gasteiger partial charge is 0.243 e. The predicted molar refractivity (Wildman–Crippen MR) is 137 cm³/mol. The number of ether oxygens (including phenoxy) is 2. The van der Waals surface area contributed by atoms with Gasteiger partial charge in [-0.25, -0.2) is 22.8 Å². The van der Waals surface area contributed by atoms with E-state index in [-0.39, 0.29) is 25.4 Å². The Balaban J connectivity index is 0.00000165. The van der Waals surface area contributed by atoms with E-state index >= 15 is 0 Å². The van der Waals surface area contributed by atoms with Crippen molar-refractivity contribution >= 4 is 16.0 Å². The van der Waals surface area contributed by atoms with Crippen molar-refractivity contribution in [2.45, 2.75) is 25.5 Å². The monoisotopic (exact) mass is 530 g/mol. The molecular weight excluding hydrogens is 503 g/mol. The van der Waals surface area contributed by atoms with Crippen LogP contribution in [-0.2, 0) is 16.4 Å². The zero-order chi connectivity index (χ0) is 27.2. The van der Waals surface area contributed by atoms with Crippen molar-refractivity contribution in [3.05, 3.63) is 60.1 Å². The molecule has 0 spiro atoms. The number of methoxy groups -OCH3 is 2. The van der Waals surface area contributed by atoms with Gasteiger partial charge < -0.3 is 13.9 Å². The number of rotatable bonds is 9. The molecule has 0 saturated heterocycles. The highest BCUT2D eigenvalue weighted by Crippen LogP contribution is 2.38. The van der Waals surface area contributed by atoms with Gasteiger partial charge >= 0.3 is 0 Å². The van der Waals surface area contributed by atoms with E-state index < -0.39 is 21.1 Å². The number of halogens is 1. The minimum Gasteiger partial charge on any atom is -0.494 e. The van der Waals surface area contributed by atoms with Crippen LogP contribution in [0.4, 0.5) is 10.3 Å². The van der Waals surface area contributed by atoms with Crippen molar-refractivity contribution in [3.8, 4) is 41.6 Å². The van der Waals surface area contributed by atoms with Crippen molar-refractivity contribution in [2.75, 3.05) is 18.9 Å². The van der Waals surface area contributed by atoms with Crippen LogP contribution < -0.4 is 14.2 Å². The molecule has 4 aromatic rings. The maximum atomic E-state index is 13.2. The van der Waals surface area contributed by atoms with E-state index in [1.807, 2.05) is 0 Å². The van der Waals surface area contributed by atoms with Crippen LogP contribution >= 0.6 is 0 Å². The summed E-state index contributed by atoms with van der Waals surface area (Å²) in [6.07, 6.45) is 9.92. The maximum Gasteiger partial charge on any atom is 0.243 e. The summed E-state index contributed by atoms with van der Waals surface area (Å²) in [7, 11) is -1.05. The molecule has 1 N–H and O–H groups in total. The van der Waals surface area contributed by atoms with Crippen molar-refractivity contribution < 1.29 is 28.1 Å². The van der Waals surface area contributed by atoms with E-state index in [0.29, 0.717) is 28.7 Å². The van der Waals surface area contributed by atoms with Gasteiger partial charge in [-0.1, -0.05) is 6.07 Å². The van der Waals surface area contributed by atoms with Crippen LogP contribution in [0.25, 0.3) is 17.3 Å². The van der Waals surface area contributed by atoms with Crippen molar-refractivity contribution in [2.24, 2.45) is 0 Å². The van der Waals surface area contributed by atoms with Crippen molar-refractivity contribution in [1.29, 1.82) is 0 Å². The Labute approximate surface area is 215 Å². The highest BCUT2D eigenvalue weighted by molar-refractivity contribution is 7.93. The van der Waals surface area contributed by atoms with Gasteiger partial charge in [-0.05, 0) is 38.1 Å². The highest BCUT2D eigenvalue weighted by atomic mass is 32.2. The SMILES string of the molecule is C#C.COc1cccc(OC)c1-n1c(NS(=O)(=O)[C@@H](C)Cc2ncc(F)cn2)nnc1-c1ccc(C)o1.[HH]. The molecule has 0 radical (unpaired) electrons. The molecule has 3 heterocycles. The Kier molecular flexibility index (Phi) is 8.46. The van der Waals surface area contributed by atoms with Gasteiger partial charge in [0.05, 0.1) is 31.9 Å². The van der Waals surface area contributed by atoms with Crippen LogP contribution in [0.15, 0.2) is 47.1 Å². The first-order valence-corrected chi connectivity index (χ1v) is 12.3. The summed E-state index contributed by atoms with van der Waals surface area (Å²) < 4.78 is 60.2. The van der Waals surface area contributed by atoms with Gasteiger partial charge in [-0.3, -0.25) is 9.29 Å². The Morgan fingerprint density at radius 3 is 2.27 bits per heavy atom. The molecule has 0 unspecified atom stereocenters. The van der Waals surface area contributed by atoms with E-state index in [1.54, 1.807) is 37.3 Å². The van der Waals surface area contributed by atoms with Crippen LogP contribution in [0.1, 0.15) is 19.9 Å². The summed E-state index contributed by atoms with van der Waals surface area (Å²) in [5.74, 6) is 1.48. The van der Waals surface area contributed by atoms with E-state index in [2.05, 4.69) is 37.7 Å². The number of nitrogens with zero attached hydrogens (tertiary/aromatic N) is 5. The van der Waals surface area contributed by atoms with Crippen LogP contribution in [-0.4, -0.2) is 52.6 Å². The number of furan rings is 1. The first-order valence-electron chi connectivity index (χ1n) is 10.8. The topological polar surface area (TPSA) is 134 Å². The predicted octanol–water partition coefficient (Wildman–Crippen LogP) is 3.65. The minimum atomic E-state index is -4.01. The quantitative estimate of drug-likeness (QED) is 0.322. The Morgan fingerprint density at radius 2 is 1.73 bits per heavy atom. The van der Waals surface area contributed by atoms with Gasteiger partial charge in [0.1, 0.15) is 28.8 Å². The lowest BCUT2D eigenvalue weighted by Crippen LogP contribution is -2.29. The number of sulfonamides is 1. The molecular formula is C24H27FN6O5S. The Bertz CT molecular complexity index is 1470. The molecule has 0 bridgehead atoms. The molecule has 196 valence electrons. The minimum absolute atomic E-state index is 0. The number of para-hydroxylation sites is 1. The number of nitrogens with one attached hydrogen (secondary N) is 1. The third kappa shape index (κ3) is 5.87. The van der Waals surface area contributed by atoms with Gasteiger partial charge in [-0.15, -0.1) is 23.0 Å². The first-order chi connectivity index (χ1) is 17.7. The van der Waals surface area contributed by atoms with Crippen LogP contribution in [0.3, 0.4) is 0 Å². The normalized spacial score (nSPS) is 11.8. The number of terminal acetylenes is 1. The molecule has 4 rings (SSSR count). The maximum absolute atomic E-state index is 13.2. The number of hydrogen-bond donors (Lipinski definition) is 1. The molecule has 0 fully saturated rings. The summed E-state index contributed by atoms with van der Waals surface area (Å²) in [5.41, 5.74) is 0.374. The molecule has 13 heteroatoms. The van der Waals surface area contributed by atoms with Gasteiger partial charge in [0.25, 0.3) is 0 Å². The Morgan fingerprint density at radius 1 is 1.11 bits per heavy atom. The lowest BCUT2D eigenvalue weighted by atomic mass is 10.2. The fraction of sp³-hybridized carbons (Fsp3) is 0.250. The second-order valence-corrected chi connectivity index (χ2v) is 9.68. The summed E-state index contributed by atoms with van der Waals surface area (Å²) >= 11 is 0. The molecule has 11 nitrogen and oxygen atoms in total. The highest BCUT2D eigenvalue weighted by Gasteiger charge is 2.29. The molecule has 1 atom stereocenters. The van der Waals surface area contributed by atoms with Gasteiger partial charge in [0, 0.05) is 7.85 Å². The number of hydrogen-bond acceptors (Lipinski definition) is 9. The fourth-order valence-corrected chi connectivity index (χ4v) is 4.32. The average molecular weight is 531 g/mol. The second kappa shape index (κ2) is 11.5. The van der Waals surface area contributed by atoms with Crippen LogP contribution in [0.5, 0.6) is 11.5 Å². The number of aryl methyl sites for hydroxylation is 1. The molecule has 37 heavy (non-hydrogen) atoms. The molecule has 0 aliphatic heterocycles. The lowest BCUT2D eigenvalue weighted by Gasteiger charge is -2.18. The molecule has 1 aromatic carbocycles. The fourth-order valence-electron chi connectivity index (χ4n) is 3.37. The first kappa shape index (κ1) is 27.2. The molecule has 0 aliphatic carbocycles. The van der Waals surface area contributed by atoms with Gasteiger partial charge in [-0.2, -0.15) is 0 Å². The lowest BCUT2D eigenvalue weighted by molar-refractivity contribution is 0.391. The van der Waals surface area contributed by atoms with Crippen LogP contribution in [0, 0.1) is 25.6 Å². The van der Waals surface area contributed by atoms with Gasteiger partial charge in [0.15, 0.2) is 11.6 Å². The van der Waals surface area contributed by atoms with E-state index in [9.17, 15) is 12.8 Å². The van der Waals surface area contributed by atoms with E-state index in [4.69, 9.17) is 13.9 Å². The van der Waals surface area contributed by atoms with Crippen molar-refractivity contribution in [3.63, 3.8) is 0 Å². The van der Waals surface area contributed by atoms with Gasteiger partial charge in [0.2, 0.25) is 21.8 Å². The van der Waals surface area contributed by atoms with Crippen LogP contribution in [0.2, 0.25) is 0 Å². The summed E-state index contributed by atoms with van der Waals surface area (Å²) in [5, 5.41) is 7.29. The Hall–Kier alpha value is -4.44. The third-order valence-corrected chi connectivity index (χ3v) is 6.85. The molecule has 0 saturated carbocycles. The number of anilines is 1. The third-order valence-electron chi connectivity index (χ3n) is 5.16. The second-order valence-electron chi connectivity index (χ2n) is 7.58. The molecule has 3 aromatic heterocycles. The summed E-state index contributed by atoms with van der Waals surface area (Å²) in [4.78, 5) is 7.68. The number of benzene rings is 1. The summed E-state index contributed by atoms with van der Waals surface area (Å²) in [6.45, 7) is 3.26. The largest absolute Gasteiger partial charge is 0.494 e. The van der Waals surface area contributed by atoms with Crippen molar-refractivity contribution in [1.82, 2.24) is 24.7 Å². The average Bonchev–Trinajstić information content (AvgIpc) is 3.51. The molecule has 0 amide bonds. The number of aromatic nitrogens is 5. The zero-order valence-electron chi connectivity index (χ0n) is 20.5.